The molecule has 1 saturated heterocycles. The Hall–Kier alpha value is -0.570. The van der Waals surface area contributed by atoms with Gasteiger partial charge in [0.1, 0.15) is 0 Å². The molecule has 1 aliphatic heterocycles. The molecule has 1 aromatic carbocycles. The molecule has 0 atom stereocenters. The lowest BCUT2D eigenvalue weighted by atomic mass is 10.1. The van der Waals surface area contributed by atoms with Gasteiger partial charge in [-0.2, -0.15) is 0 Å². The molecule has 0 saturated carbocycles. The lowest BCUT2D eigenvalue weighted by Gasteiger charge is -2.27. The van der Waals surface area contributed by atoms with Gasteiger partial charge in [-0.15, -0.1) is 0 Å². The quantitative estimate of drug-likeness (QED) is 0.870. The third-order valence-electron chi connectivity index (χ3n) is 3.12. The maximum atomic E-state index is 6.23. The fourth-order valence-electron chi connectivity index (χ4n) is 2.08. The molecule has 2 rings (SSSR count). The first-order valence-electron chi connectivity index (χ1n) is 6.00. The lowest BCUT2D eigenvalue weighted by Crippen LogP contribution is -2.42. The topological polar surface area (TPSA) is 15.3 Å². The van der Waals surface area contributed by atoms with Crippen molar-refractivity contribution in [2.24, 2.45) is 0 Å². The van der Waals surface area contributed by atoms with E-state index in [0.717, 1.165) is 44.2 Å². The van der Waals surface area contributed by atoms with E-state index < -0.39 is 0 Å². The van der Waals surface area contributed by atoms with Gasteiger partial charge in [-0.25, -0.2) is 0 Å². The van der Waals surface area contributed by atoms with E-state index >= 15 is 0 Å². The van der Waals surface area contributed by atoms with Crippen molar-refractivity contribution in [2.45, 2.75) is 19.9 Å². The molecule has 88 valence electrons. The molecule has 0 aliphatic carbocycles. The number of halogens is 1. The van der Waals surface area contributed by atoms with Crippen molar-refractivity contribution >= 4 is 11.6 Å². The largest absolute Gasteiger partial charge is 0.314 e. The van der Waals surface area contributed by atoms with Crippen molar-refractivity contribution in [3.8, 4) is 0 Å². The highest BCUT2D eigenvalue weighted by Gasteiger charge is 2.11. The molecule has 0 spiro atoms. The minimum atomic E-state index is 0.899. The number of aryl methyl sites for hydroxylation is 1. The van der Waals surface area contributed by atoms with Crippen LogP contribution >= 0.6 is 11.6 Å². The van der Waals surface area contributed by atoms with Crippen molar-refractivity contribution in [1.82, 2.24) is 10.2 Å². The third-order valence-corrected chi connectivity index (χ3v) is 3.49. The van der Waals surface area contributed by atoms with Gasteiger partial charge in [0, 0.05) is 37.7 Å². The zero-order valence-corrected chi connectivity index (χ0v) is 10.6. The molecule has 3 heteroatoms. The second-order valence-corrected chi connectivity index (χ2v) is 4.71. The van der Waals surface area contributed by atoms with Gasteiger partial charge >= 0.3 is 0 Å². The average molecular weight is 239 g/mol. The first-order chi connectivity index (χ1) is 7.79. The summed E-state index contributed by atoms with van der Waals surface area (Å²) in [6.45, 7) is 7.57. The van der Waals surface area contributed by atoms with Gasteiger partial charge in [0.05, 0.1) is 0 Å². The fourth-order valence-corrected chi connectivity index (χ4v) is 2.26. The van der Waals surface area contributed by atoms with Crippen molar-refractivity contribution in [2.75, 3.05) is 26.2 Å². The van der Waals surface area contributed by atoms with E-state index in [9.17, 15) is 0 Å². The monoisotopic (exact) mass is 238 g/mol. The van der Waals surface area contributed by atoms with Crippen LogP contribution in [0, 0.1) is 0 Å². The minimum absolute atomic E-state index is 0.899. The van der Waals surface area contributed by atoms with Gasteiger partial charge in [0.25, 0.3) is 0 Å². The third kappa shape index (κ3) is 2.97. The molecule has 16 heavy (non-hydrogen) atoms. The van der Waals surface area contributed by atoms with E-state index in [4.69, 9.17) is 11.6 Å². The maximum absolute atomic E-state index is 6.23. The van der Waals surface area contributed by atoms with Gasteiger partial charge in [-0.3, -0.25) is 4.90 Å². The summed E-state index contributed by atoms with van der Waals surface area (Å²) >= 11 is 6.23. The SMILES string of the molecule is CCc1ccc(Cl)c(CN2CCNCC2)c1. The van der Waals surface area contributed by atoms with Crippen LogP contribution in [0.15, 0.2) is 18.2 Å². The van der Waals surface area contributed by atoms with Crippen molar-refractivity contribution in [3.05, 3.63) is 34.3 Å². The van der Waals surface area contributed by atoms with E-state index in [-0.39, 0.29) is 0 Å². The summed E-state index contributed by atoms with van der Waals surface area (Å²) < 4.78 is 0. The number of hydrogen-bond donors (Lipinski definition) is 1. The molecule has 1 heterocycles. The number of benzene rings is 1. The van der Waals surface area contributed by atoms with Crippen LogP contribution in [-0.2, 0) is 13.0 Å². The van der Waals surface area contributed by atoms with E-state index in [1.54, 1.807) is 0 Å². The Balaban J connectivity index is 2.06. The van der Waals surface area contributed by atoms with Crippen molar-refractivity contribution in [3.63, 3.8) is 0 Å². The fraction of sp³-hybridized carbons (Fsp3) is 0.538. The molecule has 0 aromatic heterocycles. The summed E-state index contributed by atoms with van der Waals surface area (Å²) in [7, 11) is 0. The summed E-state index contributed by atoms with van der Waals surface area (Å²) in [6.07, 6.45) is 1.08. The molecule has 1 aliphatic rings. The van der Waals surface area contributed by atoms with E-state index in [1.165, 1.54) is 11.1 Å². The number of nitrogens with zero attached hydrogens (tertiary/aromatic N) is 1. The van der Waals surface area contributed by atoms with Crippen LogP contribution < -0.4 is 5.32 Å². The van der Waals surface area contributed by atoms with Gasteiger partial charge in [0.15, 0.2) is 0 Å². The molecular formula is C13H19ClN2. The molecule has 0 radical (unpaired) electrons. The Labute approximate surface area is 103 Å². The van der Waals surface area contributed by atoms with Gasteiger partial charge in [0.2, 0.25) is 0 Å². The molecule has 2 nitrogen and oxygen atoms in total. The highest BCUT2D eigenvalue weighted by atomic mass is 35.5. The number of piperazine rings is 1. The normalized spacial score (nSPS) is 17.6. The molecule has 1 fully saturated rings. The van der Waals surface area contributed by atoms with Gasteiger partial charge in [-0.05, 0) is 23.6 Å². The van der Waals surface area contributed by atoms with E-state index in [1.807, 2.05) is 6.07 Å². The van der Waals surface area contributed by atoms with Crippen LogP contribution in [0.25, 0.3) is 0 Å². The van der Waals surface area contributed by atoms with Crippen LogP contribution in [0.1, 0.15) is 18.1 Å². The first kappa shape index (κ1) is 11.9. The summed E-state index contributed by atoms with van der Waals surface area (Å²) in [5.41, 5.74) is 2.64. The van der Waals surface area contributed by atoms with E-state index in [2.05, 4.69) is 29.3 Å². The Morgan fingerprint density at radius 3 is 2.75 bits per heavy atom. The summed E-state index contributed by atoms with van der Waals surface area (Å²) in [5.74, 6) is 0. The lowest BCUT2D eigenvalue weighted by molar-refractivity contribution is 0.233. The zero-order chi connectivity index (χ0) is 11.4. The molecule has 0 bridgehead atoms. The van der Waals surface area contributed by atoms with Crippen LogP contribution in [0.3, 0.4) is 0 Å². The number of hydrogen-bond acceptors (Lipinski definition) is 2. The Kier molecular flexibility index (Phi) is 4.22. The summed E-state index contributed by atoms with van der Waals surface area (Å²) in [5, 5.41) is 4.26. The number of rotatable bonds is 3. The maximum Gasteiger partial charge on any atom is 0.0451 e. The smallest absolute Gasteiger partial charge is 0.0451 e. The predicted molar refractivity (Wildman–Crippen MR) is 69.0 cm³/mol. The summed E-state index contributed by atoms with van der Waals surface area (Å²) in [4.78, 5) is 2.46. The van der Waals surface area contributed by atoms with Crippen molar-refractivity contribution < 1.29 is 0 Å². The summed E-state index contributed by atoms with van der Waals surface area (Å²) in [6, 6.07) is 6.38. The van der Waals surface area contributed by atoms with Crippen molar-refractivity contribution in [1.29, 1.82) is 0 Å². The van der Waals surface area contributed by atoms with Crippen LogP contribution in [-0.4, -0.2) is 31.1 Å². The second-order valence-electron chi connectivity index (χ2n) is 4.31. The highest BCUT2D eigenvalue weighted by molar-refractivity contribution is 6.31. The Morgan fingerprint density at radius 2 is 2.06 bits per heavy atom. The Morgan fingerprint density at radius 1 is 1.31 bits per heavy atom. The van der Waals surface area contributed by atoms with Crippen LogP contribution in [0.5, 0.6) is 0 Å². The molecular weight excluding hydrogens is 220 g/mol. The first-order valence-corrected chi connectivity index (χ1v) is 6.37. The van der Waals surface area contributed by atoms with E-state index in [0.29, 0.717) is 0 Å². The molecule has 1 N–H and O–H groups in total. The number of nitrogens with one attached hydrogen (secondary N) is 1. The van der Waals surface area contributed by atoms with Gasteiger partial charge < -0.3 is 5.32 Å². The zero-order valence-electron chi connectivity index (χ0n) is 9.80. The Bertz CT molecular complexity index is 346. The standard InChI is InChI=1S/C13H19ClN2/c1-2-11-3-4-13(14)12(9-11)10-16-7-5-15-6-8-16/h3-4,9,15H,2,5-8,10H2,1H3. The van der Waals surface area contributed by atoms with Crippen LogP contribution in [0.4, 0.5) is 0 Å². The minimum Gasteiger partial charge on any atom is -0.314 e. The second kappa shape index (κ2) is 5.67. The van der Waals surface area contributed by atoms with Gasteiger partial charge in [-0.1, -0.05) is 30.7 Å². The van der Waals surface area contributed by atoms with Crippen LogP contribution in [0.2, 0.25) is 5.02 Å². The molecule has 0 amide bonds. The average Bonchev–Trinajstić information content (AvgIpc) is 2.33. The molecule has 0 unspecified atom stereocenters. The highest BCUT2D eigenvalue weighted by Crippen LogP contribution is 2.20. The predicted octanol–water partition coefficient (Wildman–Crippen LogP) is 2.31. The molecule has 1 aromatic rings.